The Balaban J connectivity index is 1.66. The lowest BCUT2D eigenvalue weighted by Gasteiger charge is -2.55. The number of halogens is 3. The van der Waals surface area contributed by atoms with Gasteiger partial charge in [-0.2, -0.15) is 4.31 Å². The number of hydrogen-bond donors (Lipinski definition) is 0. The number of amides is 3. The summed E-state index contributed by atoms with van der Waals surface area (Å²) in [6, 6.07) is 8.32. The van der Waals surface area contributed by atoms with Crippen LogP contribution in [0.3, 0.4) is 0 Å². The van der Waals surface area contributed by atoms with Gasteiger partial charge in [0.2, 0.25) is 27.7 Å². The van der Waals surface area contributed by atoms with E-state index in [0.29, 0.717) is 5.02 Å². The summed E-state index contributed by atoms with van der Waals surface area (Å²) < 4.78 is 30.1. The van der Waals surface area contributed by atoms with Crippen molar-refractivity contribution in [1.82, 2.24) is 19.0 Å². The fourth-order valence-electron chi connectivity index (χ4n) is 6.02. The van der Waals surface area contributed by atoms with Crippen molar-refractivity contribution in [1.29, 1.82) is 0 Å². The predicted molar refractivity (Wildman–Crippen MR) is 165 cm³/mol. The Labute approximate surface area is 267 Å². The molecule has 3 atom stereocenters. The van der Waals surface area contributed by atoms with Crippen LogP contribution in [0.25, 0.3) is 0 Å². The second-order valence-corrected chi connectivity index (χ2v) is 15.1. The van der Waals surface area contributed by atoms with Gasteiger partial charge in [0.05, 0.1) is 11.6 Å². The molecule has 2 aliphatic heterocycles. The Morgan fingerprint density at radius 3 is 2.12 bits per heavy atom. The minimum Gasteiger partial charge on any atom is -0.335 e. The van der Waals surface area contributed by atoms with Gasteiger partial charge in [-0.15, -0.1) is 0 Å². The smallest absolute Gasteiger partial charge is 0.248 e. The Morgan fingerprint density at radius 1 is 0.930 bits per heavy atom. The number of benzene rings is 2. The predicted octanol–water partition coefficient (Wildman–Crippen LogP) is 4.68. The van der Waals surface area contributed by atoms with Crippen LogP contribution in [0.15, 0.2) is 47.4 Å². The van der Waals surface area contributed by atoms with Gasteiger partial charge in [-0.1, -0.05) is 46.9 Å². The van der Waals surface area contributed by atoms with Crippen LogP contribution in [-0.2, 0) is 30.8 Å². The van der Waals surface area contributed by atoms with Crippen molar-refractivity contribution in [3.8, 4) is 0 Å². The molecule has 5 rings (SSSR count). The summed E-state index contributed by atoms with van der Waals surface area (Å²) >= 11 is 18.6. The van der Waals surface area contributed by atoms with Crippen LogP contribution in [0, 0.1) is 5.92 Å². The molecular formula is C30H35Cl3N4O5S. The van der Waals surface area contributed by atoms with E-state index in [1.165, 1.54) is 32.3 Å². The molecule has 2 aromatic carbocycles. The average Bonchev–Trinajstić information content (AvgIpc) is 3.77. The lowest BCUT2D eigenvalue weighted by molar-refractivity contribution is -0.174. The highest BCUT2D eigenvalue weighted by atomic mass is 35.5. The number of fused-ring (bicyclic) bond motifs is 1. The van der Waals surface area contributed by atoms with Crippen molar-refractivity contribution in [2.75, 3.05) is 13.1 Å². The minimum absolute atomic E-state index is 0.0330. The van der Waals surface area contributed by atoms with Crippen molar-refractivity contribution in [2.45, 2.75) is 82.2 Å². The number of piperazine rings is 1. The lowest BCUT2D eigenvalue weighted by atomic mass is 9.95. The molecular weight excluding hydrogens is 635 g/mol. The number of sulfonamides is 1. The van der Waals surface area contributed by atoms with Crippen molar-refractivity contribution in [2.24, 2.45) is 5.92 Å². The van der Waals surface area contributed by atoms with Gasteiger partial charge in [0.1, 0.15) is 23.1 Å². The maximum Gasteiger partial charge on any atom is 0.248 e. The maximum atomic E-state index is 14.5. The van der Waals surface area contributed by atoms with E-state index >= 15 is 0 Å². The summed E-state index contributed by atoms with van der Waals surface area (Å²) in [6.45, 7) is 7.01. The Bertz CT molecular complexity index is 1530. The zero-order valence-electron chi connectivity index (χ0n) is 24.4. The van der Waals surface area contributed by atoms with Gasteiger partial charge in [-0.05, 0) is 76.4 Å². The van der Waals surface area contributed by atoms with Gasteiger partial charge in [0.25, 0.3) is 0 Å². The van der Waals surface area contributed by atoms with Gasteiger partial charge >= 0.3 is 0 Å². The molecule has 13 heteroatoms. The molecule has 3 unspecified atom stereocenters. The summed E-state index contributed by atoms with van der Waals surface area (Å²) in [4.78, 5) is 46.4. The number of carbonyl (C=O) groups is 3. The quantitative estimate of drug-likeness (QED) is 0.407. The van der Waals surface area contributed by atoms with Crippen molar-refractivity contribution in [3.05, 3.63) is 63.1 Å². The maximum absolute atomic E-state index is 14.5. The molecule has 1 saturated carbocycles. The second-order valence-electron chi connectivity index (χ2n) is 11.9. The summed E-state index contributed by atoms with van der Waals surface area (Å²) in [5.41, 5.74) is 0.756. The van der Waals surface area contributed by atoms with Crippen molar-refractivity contribution < 1.29 is 22.8 Å². The third-order valence-electron chi connectivity index (χ3n) is 8.33. The van der Waals surface area contributed by atoms with Gasteiger partial charge in [0, 0.05) is 41.0 Å². The molecule has 2 heterocycles. The lowest BCUT2D eigenvalue weighted by Crippen LogP contribution is -2.77. The van der Waals surface area contributed by atoms with Crippen LogP contribution in [-0.4, -0.2) is 88.6 Å². The zero-order valence-corrected chi connectivity index (χ0v) is 27.5. The number of rotatable bonds is 8. The molecule has 3 fully saturated rings. The van der Waals surface area contributed by atoms with Gasteiger partial charge < -0.3 is 14.7 Å². The minimum atomic E-state index is -4.34. The van der Waals surface area contributed by atoms with E-state index in [9.17, 15) is 22.8 Å². The highest BCUT2D eigenvalue weighted by Crippen LogP contribution is 2.38. The van der Waals surface area contributed by atoms with Crippen molar-refractivity contribution in [3.63, 3.8) is 0 Å². The molecule has 1 aliphatic carbocycles. The normalized spacial score (nSPS) is 23.2. The monoisotopic (exact) mass is 668 g/mol. The van der Waals surface area contributed by atoms with E-state index < -0.39 is 34.2 Å². The van der Waals surface area contributed by atoms with E-state index in [4.69, 9.17) is 34.8 Å². The highest BCUT2D eigenvalue weighted by Gasteiger charge is 2.56. The molecule has 3 amide bonds. The summed E-state index contributed by atoms with van der Waals surface area (Å²) in [7, 11) is -4.34. The number of carbonyl (C=O) groups excluding carboxylic acids is 3. The molecule has 0 aromatic heterocycles. The Morgan fingerprint density at radius 2 is 1.56 bits per heavy atom. The molecule has 43 heavy (non-hydrogen) atoms. The third kappa shape index (κ3) is 6.14. The van der Waals surface area contributed by atoms with E-state index in [-0.39, 0.29) is 64.3 Å². The molecule has 2 saturated heterocycles. The Hall–Kier alpha value is -2.37. The van der Waals surface area contributed by atoms with Crippen LogP contribution in [0.5, 0.6) is 0 Å². The van der Waals surface area contributed by atoms with E-state index in [1.54, 1.807) is 29.2 Å². The summed E-state index contributed by atoms with van der Waals surface area (Å²) in [6.07, 6.45) is 0.558. The van der Waals surface area contributed by atoms with Crippen LogP contribution in [0.2, 0.25) is 15.1 Å². The molecule has 9 nitrogen and oxygen atoms in total. The van der Waals surface area contributed by atoms with Crippen molar-refractivity contribution >= 4 is 62.5 Å². The topological polar surface area (TPSA) is 98.3 Å². The molecule has 0 bridgehead atoms. The van der Waals surface area contributed by atoms with Crippen LogP contribution in [0.4, 0.5) is 0 Å². The zero-order chi connectivity index (χ0) is 31.4. The van der Waals surface area contributed by atoms with Crippen LogP contribution < -0.4 is 0 Å². The molecule has 0 spiro atoms. The number of nitrogens with zero attached hydrogens (tertiary/aromatic N) is 4. The first-order valence-corrected chi connectivity index (χ1v) is 17.0. The van der Waals surface area contributed by atoms with Gasteiger partial charge in [0.15, 0.2) is 0 Å². The summed E-state index contributed by atoms with van der Waals surface area (Å²) in [5.74, 6) is -1.12. The molecule has 2 aromatic rings. The fraction of sp³-hybridized carbons (Fsp3) is 0.500. The molecule has 0 N–H and O–H groups in total. The van der Waals surface area contributed by atoms with E-state index in [1.807, 2.05) is 27.7 Å². The second kappa shape index (κ2) is 12.2. The van der Waals surface area contributed by atoms with E-state index in [2.05, 4.69) is 0 Å². The molecule has 232 valence electrons. The first-order valence-electron chi connectivity index (χ1n) is 14.4. The van der Waals surface area contributed by atoms with Crippen LogP contribution in [0.1, 0.15) is 46.1 Å². The van der Waals surface area contributed by atoms with Gasteiger partial charge in [-0.3, -0.25) is 14.4 Å². The first-order chi connectivity index (χ1) is 20.2. The van der Waals surface area contributed by atoms with E-state index in [0.717, 1.165) is 18.4 Å². The average molecular weight is 670 g/mol. The Kier molecular flexibility index (Phi) is 9.09. The summed E-state index contributed by atoms with van der Waals surface area (Å²) in [5, 5.41) is 0.737. The third-order valence-corrected chi connectivity index (χ3v) is 11.2. The molecule has 0 radical (unpaired) electrons. The first kappa shape index (κ1) is 32.0. The van der Waals surface area contributed by atoms with Crippen LogP contribution >= 0.6 is 34.8 Å². The van der Waals surface area contributed by atoms with Gasteiger partial charge in [-0.25, -0.2) is 8.42 Å². The standard InChI is InChI=1S/C30H35Cl3N4O5S/c1-17(2)34-16-27-35(43(41,42)26-12-11-22(32)14-23(26)33)15-25(36(18(3)4)28(38)20-7-8-20)30(40)37(27)24(29(34)39)13-19-5-9-21(31)10-6-19/h5-6,9-12,14,17-18,20,24-25,27H,7-8,13,15-16H2,1-4H3. The fourth-order valence-corrected chi connectivity index (χ4v) is 8.48. The number of hydrogen-bond acceptors (Lipinski definition) is 5. The largest absolute Gasteiger partial charge is 0.335 e. The highest BCUT2D eigenvalue weighted by molar-refractivity contribution is 7.89. The SMILES string of the molecule is CC(C)N1CC2N(C(=O)C(N(C(=O)C3CC3)C(C)C)CN2S(=O)(=O)c2ccc(Cl)cc2Cl)C(Cc2ccc(Cl)cc2)C1=O. The molecule has 3 aliphatic rings.